The van der Waals surface area contributed by atoms with E-state index in [0.717, 1.165) is 25.2 Å². The van der Waals surface area contributed by atoms with Gasteiger partial charge in [-0.3, -0.25) is 9.69 Å². The number of benzene rings is 1. The summed E-state index contributed by atoms with van der Waals surface area (Å²) in [6, 6.07) is 7.80. The molecule has 0 aliphatic carbocycles. The molecule has 0 spiro atoms. The van der Waals surface area contributed by atoms with E-state index in [1.54, 1.807) is 0 Å². The molecule has 2 rings (SSSR count). The molecule has 1 aromatic carbocycles. The van der Waals surface area contributed by atoms with Crippen LogP contribution in [0.1, 0.15) is 43.9 Å². The minimum Gasteiger partial charge on any atom is -0.480 e. The molecule has 0 bridgehead atoms. The van der Waals surface area contributed by atoms with E-state index in [-0.39, 0.29) is 0 Å². The Bertz CT molecular complexity index is 456. The van der Waals surface area contributed by atoms with Crippen LogP contribution in [-0.2, 0) is 4.79 Å². The zero-order valence-electron chi connectivity index (χ0n) is 12.5. The lowest BCUT2D eigenvalue weighted by Crippen LogP contribution is -2.51. The first-order valence-electron chi connectivity index (χ1n) is 7.29. The van der Waals surface area contributed by atoms with Gasteiger partial charge < -0.3 is 10.4 Å². The molecule has 2 unspecified atom stereocenters. The van der Waals surface area contributed by atoms with Crippen LogP contribution in [0.25, 0.3) is 0 Å². The summed E-state index contributed by atoms with van der Waals surface area (Å²) in [6.45, 7) is 8.75. The number of nitrogens with zero attached hydrogens (tertiary/aromatic N) is 1. The first kappa shape index (κ1) is 15.0. The third-order valence-corrected chi connectivity index (χ3v) is 3.92. The standard InChI is InChI=1S/C16H24N2O2/c1-11(2)13-4-6-14(7-5-13)15(16(19)20)18-9-8-17-12(3)10-18/h4-7,11-12,15,17H,8-10H2,1-3H3,(H,19,20). The van der Waals surface area contributed by atoms with Gasteiger partial charge in [-0.2, -0.15) is 0 Å². The van der Waals surface area contributed by atoms with Crippen LogP contribution in [0.2, 0.25) is 0 Å². The predicted octanol–water partition coefficient (Wildman–Crippen LogP) is 2.23. The van der Waals surface area contributed by atoms with E-state index in [9.17, 15) is 9.90 Å². The van der Waals surface area contributed by atoms with Crippen molar-refractivity contribution in [1.29, 1.82) is 0 Å². The van der Waals surface area contributed by atoms with E-state index in [0.29, 0.717) is 12.0 Å². The first-order valence-corrected chi connectivity index (χ1v) is 7.29. The van der Waals surface area contributed by atoms with Gasteiger partial charge in [-0.25, -0.2) is 0 Å². The van der Waals surface area contributed by atoms with Crippen LogP contribution >= 0.6 is 0 Å². The molecule has 1 heterocycles. The van der Waals surface area contributed by atoms with E-state index in [1.807, 2.05) is 29.2 Å². The van der Waals surface area contributed by atoms with Gasteiger partial charge in [0.05, 0.1) is 0 Å². The molecule has 4 nitrogen and oxygen atoms in total. The number of hydrogen-bond acceptors (Lipinski definition) is 3. The molecule has 1 saturated heterocycles. The summed E-state index contributed by atoms with van der Waals surface area (Å²) >= 11 is 0. The maximum atomic E-state index is 11.7. The average molecular weight is 276 g/mol. The molecule has 20 heavy (non-hydrogen) atoms. The lowest BCUT2D eigenvalue weighted by Gasteiger charge is -2.36. The zero-order valence-corrected chi connectivity index (χ0v) is 12.5. The highest BCUT2D eigenvalue weighted by Gasteiger charge is 2.30. The molecule has 2 N–H and O–H groups in total. The average Bonchev–Trinajstić information content (AvgIpc) is 2.39. The Labute approximate surface area is 120 Å². The van der Waals surface area contributed by atoms with Crippen molar-refractivity contribution in [1.82, 2.24) is 10.2 Å². The van der Waals surface area contributed by atoms with Crippen molar-refractivity contribution >= 4 is 5.97 Å². The van der Waals surface area contributed by atoms with Crippen LogP contribution in [0.15, 0.2) is 24.3 Å². The minimum atomic E-state index is -0.767. The number of carboxylic acids is 1. The van der Waals surface area contributed by atoms with Crippen molar-refractivity contribution in [2.45, 2.75) is 38.8 Å². The molecular weight excluding hydrogens is 252 g/mol. The molecule has 0 aromatic heterocycles. The lowest BCUT2D eigenvalue weighted by molar-refractivity contribution is -0.144. The van der Waals surface area contributed by atoms with Gasteiger partial charge in [0.25, 0.3) is 0 Å². The monoisotopic (exact) mass is 276 g/mol. The fourth-order valence-electron chi connectivity index (χ4n) is 2.77. The van der Waals surface area contributed by atoms with Crippen LogP contribution in [0.4, 0.5) is 0 Å². The van der Waals surface area contributed by atoms with Gasteiger partial charge in [0, 0.05) is 25.7 Å². The highest BCUT2D eigenvalue weighted by molar-refractivity contribution is 5.75. The third kappa shape index (κ3) is 3.38. The Hall–Kier alpha value is -1.39. The van der Waals surface area contributed by atoms with Gasteiger partial charge in [-0.15, -0.1) is 0 Å². The van der Waals surface area contributed by atoms with Crippen LogP contribution in [0.5, 0.6) is 0 Å². The largest absolute Gasteiger partial charge is 0.480 e. The fraction of sp³-hybridized carbons (Fsp3) is 0.562. The van der Waals surface area contributed by atoms with Crippen molar-refractivity contribution in [3.8, 4) is 0 Å². The van der Waals surface area contributed by atoms with E-state index < -0.39 is 12.0 Å². The van der Waals surface area contributed by atoms with Crippen molar-refractivity contribution in [2.75, 3.05) is 19.6 Å². The Morgan fingerprint density at radius 1 is 1.30 bits per heavy atom. The number of aliphatic carboxylic acids is 1. The Morgan fingerprint density at radius 2 is 1.90 bits per heavy atom. The van der Waals surface area contributed by atoms with E-state index in [2.05, 4.69) is 26.1 Å². The fourth-order valence-corrected chi connectivity index (χ4v) is 2.77. The Balaban J connectivity index is 2.21. The summed E-state index contributed by atoms with van der Waals surface area (Å²) in [5.74, 6) is -0.303. The van der Waals surface area contributed by atoms with Crippen molar-refractivity contribution in [2.24, 2.45) is 0 Å². The molecule has 110 valence electrons. The quantitative estimate of drug-likeness (QED) is 0.885. The molecule has 0 amide bonds. The third-order valence-electron chi connectivity index (χ3n) is 3.92. The topological polar surface area (TPSA) is 52.6 Å². The molecule has 1 aliphatic rings. The summed E-state index contributed by atoms with van der Waals surface area (Å²) in [7, 11) is 0. The normalized spacial score (nSPS) is 21.9. The maximum absolute atomic E-state index is 11.7. The second kappa shape index (κ2) is 6.37. The smallest absolute Gasteiger partial charge is 0.325 e. The van der Waals surface area contributed by atoms with E-state index >= 15 is 0 Å². The summed E-state index contributed by atoms with van der Waals surface area (Å²) in [5, 5.41) is 12.9. The summed E-state index contributed by atoms with van der Waals surface area (Å²) in [5.41, 5.74) is 2.11. The number of rotatable bonds is 4. The van der Waals surface area contributed by atoms with Crippen LogP contribution in [0.3, 0.4) is 0 Å². The number of nitrogens with one attached hydrogen (secondary N) is 1. The van der Waals surface area contributed by atoms with E-state index in [4.69, 9.17) is 0 Å². The molecule has 0 saturated carbocycles. The zero-order chi connectivity index (χ0) is 14.7. The first-order chi connectivity index (χ1) is 9.49. The number of hydrogen-bond donors (Lipinski definition) is 2. The highest BCUT2D eigenvalue weighted by Crippen LogP contribution is 2.24. The minimum absolute atomic E-state index is 0.334. The molecule has 1 fully saturated rings. The second-order valence-electron chi connectivity index (χ2n) is 5.91. The highest BCUT2D eigenvalue weighted by atomic mass is 16.4. The predicted molar refractivity (Wildman–Crippen MR) is 79.9 cm³/mol. The van der Waals surface area contributed by atoms with Gasteiger partial charge in [-0.1, -0.05) is 38.1 Å². The number of piperazine rings is 1. The summed E-state index contributed by atoms with van der Waals surface area (Å²) < 4.78 is 0. The number of carboxylic acid groups (broad SMARTS) is 1. The van der Waals surface area contributed by atoms with Gasteiger partial charge >= 0.3 is 5.97 Å². The van der Waals surface area contributed by atoms with Crippen LogP contribution in [-0.4, -0.2) is 41.7 Å². The molecule has 1 aromatic rings. The maximum Gasteiger partial charge on any atom is 0.325 e. The van der Waals surface area contributed by atoms with Crippen molar-refractivity contribution < 1.29 is 9.90 Å². The van der Waals surface area contributed by atoms with Gasteiger partial charge in [0.1, 0.15) is 6.04 Å². The number of carbonyl (C=O) groups is 1. The van der Waals surface area contributed by atoms with Crippen LogP contribution in [0, 0.1) is 0 Å². The van der Waals surface area contributed by atoms with Gasteiger partial charge in [0.15, 0.2) is 0 Å². The van der Waals surface area contributed by atoms with Crippen LogP contribution < -0.4 is 5.32 Å². The Kier molecular flexibility index (Phi) is 4.78. The van der Waals surface area contributed by atoms with Crippen molar-refractivity contribution in [3.05, 3.63) is 35.4 Å². The van der Waals surface area contributed by atoms with E-state index in [1.165, 1.54) is 5.56 Å². The molecule has 0 radical (unpaired) electrons. The Morgan fingerprint density at radius 3 is 2.40 bits per heavy atom. The molecule has 4 heteroatoms. The SMILES string of the molecule is CC1CN(C(C(=O)O)c2ccc(C(C)C)cc2)CCN1. The molecule has 2 atom stereocenters. The summed E-state index contributed by atoms with van der Waals surface area (Å²) in [6.07, 6.45) is 0. The second-order valence-corrected chi connectivity index (χ2v) is 5.91. The molecular formula is C16H24N2O2. The lowest BCUT2D eigenvalue weighted by atomic mass is 9.98. The van der Waals surface area contributed by atoms with Gasteiger partial charge in [-0.05, 0) is 24.0 Å². The molecule has 1 aliphatic heterocycles. The van der Waals surface area contributed by atoms with Gasteiger partial charge in [0.2, 0.25) is 0 Å². The summed E-state index contributed by atoms with van der Waals surface area (Å²) in [4.78, 5) is 13.7. The van der Waals surface area contributed by atoms with Crippen molar-refractivity contribution in [3.63, 3.8) is 0 Å².